The van der Waals surface area contributed by atoms with Crippen molar-refractivity contribution in [3.05, 3.63) is 53.7 Å². The lowest BCUT2D eigenvalue weighted by Crippen LogP contribution is -2.25. The third-order valence-electron chi connectivity index (χ3n) is 3.69. The predicted molar refractivity (Wildman–Crippen MR) is 95.1 cm³/mol. The largest absolute Gasteiger partial charge is 0.352 e. The van der Waals surface area contributed by atoms with Gasteiger partial charge in [0.2, 0.25) is 0 Å². The van der Waals surface area contributed by atoms with Gasteiger partial charge in [0.1, 0.15) is 5.82 Å². The van der Waals surface area contributed by atoms with Crippen molar-refractivity contribution in [1.82, 2.24) is 10.3 Å². The van der Waals surface area contributed by atoms with Crippen molar-refractivity contribution in [3.8, 4) is 0 Å². The molecule has 0 radical (unpaired) electrons. The van der Waals surface area contributed by atoms with Crippen LogP contribution in [0.4, 0.5) is 11.5 Å². The standard InChI is InChI=1S/C19H25N3O/c1-4-15-7-5-6-8-17(15)22-18-10-9-16(13-21-18)19(23)20-12-11-14(2)3/h5-10,13-14H,4,11-12H2,1-3H3,(H,20,23)(H,21,22). The van der Waals surface area contributed by atoms with E-state index in [1.165, 1.54) is 5.56 Å². The molecule has 1 heterocycles. The van der Waals surface area contributed by atoms with E-state index < -0.39 is 0 Å². The van der Waals surface area contributed by atoms with E-state index in [0.29, 0.717) is 18.0 Å². The quantitative estimate of drug-likeness (QED) is 0.807. The van der Waals surface area contributed by atoms with Gasteiger partial charge in [-0.25, -0.2) is 4.98 Å². The van der Waals surface area contributed by atoms with Crippen LogP contribution in [0.5, 0.6) is 0 Å². The van der Waals surface area contributed by atoms with Gasteiger partial charge in [0, 0.05) is 18.4 Å². The number of benzene rings is 1. The van der Waals surface area contributed by atoms with E-state index in [1.54, 1.807) is 12.3 Å². The number of pyridine rings is 1. The molecule has 1 aromatic heterocycles. The molecular formula is C19H25N3O. The fourth-order valence-corrected chi connectivity index (χ4v) is 2.27. The number of carbonyl (C=O) groups excluding carboxylic acids is 1. The Morgan fingerprint density at radius 2 is 1.96 bits per heavy atom. The van der Waals surface area contributed by atoms with Crippen LogP contribution in [-0.2, 0) is 6.42 Å². The Labute approximate surface area is 138 Å². The molecule has 1 aromatic carbocycles. The highest BCUT2D eigenvalue weighted by Crippen LogP contribution is 2.20. The molecule has 0 fully saturated rings. The van der Waals surface area contributed by atoms with E-state index >= 15 is 0 Å². The van der Waals surface area contributed by atoms with Crippen LogP contribution in [-0.4, -0.2) is 17.4 Å². The summed E-state index contributed by atoms with van der Waals surface area (Å²) in [5.74, 6) is 1.25. The fraction of sp³-hybridized carbons (Fsp3) is 0.368. The minimum Gasteiger partial charge on any atom is -0.352 e. The van der Waals surface area contributed by atoms with E-state index in [-0.39, 0.29) is 5.91 Å². The summed E-state index contributed by atoms with van der Waals surface area (Å²) in [7, 11) is 0. The molecule has 0 aliphatic carbocycles. The number of hydrogen-bond donors (Lipinski definition) is 2. The molecule has 2 aromatic rings. The van der Waals surface area contributed by atoms with Gasteiger partial charge in [0.15, 0.2) is 0 Å². The summed E-state index contributed by atoms with van der Waals surface area (Å²) in [5, 5.41) is 6.22. The number of rotatable bonds is 7. The van der Waals surface area contributed by atoms with Crippen LogP contribution >= 0.6 is 0 Å². The van der Waals surface area contributed by atoms with E-state index in [4.69, 9.17) is 0 Å². The molecule has 23 heavy (non-hydrogen) atoms. The lowest BCUT2D eigenvalue weighted by atomic mass is 10.1. The number of aromatic nitrogens is 1. The third kappa shape index (κ3) is 5.09. The number of amides is 1. The van der Waals surface area contributed by atoms with Crippen molar-refractivity contribution in [2.24, 2.45) is 5.92 Å². The van der Waals surface area contributed by atoms with Crippen LogP contribution in [0.2, 0.25) is 0 Å². The molecule has 1 amide bonds. The van der Waals surface area contributed by atoms with Gasteiger partial charge in [0.05, 0.1) is 5.56 Å². The molecule has 0 spiro atoms. The fourth-order valence-electron chi connectivity index (χ4n) is 2.27. The molecule has 2 N–H and O–H groups in total. The summed E-state index contributed by atoms with van der Waals surface area (Å²) in [6, 6.07) is 11.8. The zero-order valence-corrected chi connectivity index (χ0v) is 14.1. The Kier molecular flexibility index (Phi) is 6.15. The van der Waals surface area contributed by atoms with Gasteiger partial charge >= 0.3 is 0 Å². The van der Waals surface area contributed by atoms with Gasteiger partial charge < -0.3 is 10.6 Å². The van der Waals surface area contributed by atoms with E-state index in [1.807, 2.05) is 24.3 Å². The van der Waals surface area contributed by atoms with E-state index in [9.17, 15) is 4.79 Å². The monoisotopic (exact) mass is 311 g/mol. The number of anilines is 2. The Morgan fingerprint density at radius 1 is 1.17 bits per heavy atom. The lowest BCUT2D eigenvalue weighted by Gasteiger charge is -2.11. The van der Waals surface area contributed by atoms with Crippen molar-refractivity contribution in [3.63, 3.8) is 0 Å². The van der Waals surface area contributed by atoms with Crippen LogP contribution < -0.4 is 10.6 Å². The molecule has 0 bridgehead atoms. The number of carbonyl (C=O) groups is 1. The van der Waals surface area contributed by atoms with Crippen molar-refractivity contribution in [1.29, 1.82) is 0 Å². The second-order valence-corrected chi connectivity index (χ2v) is 6.01. The van der Waals surface area contributed by atoms with E-state index in [0.717, 1.165) is 24.3 Å². The summed E-state index contributed by atoms with van der Waals surface area (Å²) in [6.45, 7) is 7.10. The van der Waals surface area contributed by atoms with Crippen LogP contribution in [0.15, 0.2) is 42.6 Å². The molecule has 0 saturated carbocycles. The minimum absolute atomic E-state index is 0.0707. The minimum atomic E-state index is -0.0707. The topological polar surface area (TPSA) is 54.0 Å². The summed E-state index contributed by atoms with van der Waals surface area (Å²) in [6.07, 6.45) is 3.55. The molecule has 0 atom stereocenters. The van der Waals surface area contributed by atoms with Gasteiger partial charge in [-0.1, -0.05) is 39.0 Å². The second kappa shape index (κ2) is 8.32. The first-order valence-electron chi connectivity index (χ1n) is 8.19. The van der Waals surface area contributed by atoms with Gasteiger partial charge in [0.25, 0.3) is 5.91 Å². The molecular weight excluding hydrogens is 286 g/mol. The first-order chi connectivity index (χ1) is 11.1. The van der Waals surface area contributed by atoms with Gasteiger partial charge in [-0.3, -0.25) is 4.79 Å². The zero-order valence-electron chi connectivity index (χ0n) is 14.1. The maximum atomic E-state index is 12.0. The maximum absolute atomic E-state index is 12.0. The Morgan fingerprint density at radius 3 is 2.61 bits per heavy atom. The summed E-state index contributed by atoms with van der Waals surface area (Å²) in [5.41, 5.74) is 2.88. The normalized spacial score (nSPS) is 10.6. The number of nitrogens with one attached hydrogen (secondary N) is 2. The highest BCUT2D eigenvalue weighted by Gasteiger charge is 2.07. The predicted octanol–water partition coefficient (Wildman–Crippen LogP) is 4.16. The molecule has 4 nitrogen and oxygen atoms in total. The molecule has 0 aliphatic heterocycles. The smallest absolute Gasteiger partial charge is 0.252 e. The highest BCUT2D eigenvalue weighted by molar-refractivity contribution is 5.94. The highest BCUT2D eigenvalue weighted by atomic mass is 16.1. The second-order valence-electron chi connectivity index (χ2n) is 6.01. The molecule has 0 aliphatic rings. The SMILES string of the molecule is CCc1ccccc1Nc1ccc(C(=O)NCCC(C)C)cn1. The van der Waals surface area contributed by atoms with Crippen molar-refractivity contribution in [2.75, 3.05) is 11.9 Å². The number of hydrogen-bond acceptors (Lipinski definition) is 3. The van der Waals surface area contributed by atoms with Gasteiger partial charge in [-0.2, -0.15) is 0 Å². The number of aryl methyl sites for hydroxylation is 1. The van der Waals surface area contributed by atoms with Crippen LogP contribution in [0, 0.1) is 5.92 Å². The Bertz CT molecular complexity index is 635. The van der Waals surface area contributed by atoms with Crippen LogP contribution in [0.3, 0.4) is 0 Å². The maximum Gasteiger partial charge on any atom is 0.252 e. The Hall–Kier alpha value is -2.36. The van der Waals surface area contributed by atoms with Crippen LogP contribution in [0.25, 0.3) is 0 Å². The van der Waals surface area contributed by atoms with Crippen LogP contribution in [0.1, 0.15) is 43.1 Å². The van der Waals surface area contributed by atoms with Gasteiger partial charge in [-0.15, -0.1) is 0 Å². The number of nitrogens with zero attached hydrogens (tertiary/aromatic N) is 1. The van der Waals surface area contributed by atoms with Crippen molar-refractivity contribution >= 4 is 17.4 Å². The summed E-state index contributed by atoms with van der Waals surface area (Å²) < 4.78 is 0. The Balaban J connectivity index is 1.98. The molecule has 0 unspecified atom stereocenters. The average Bonchev–Trinajstić information content (AvgIpc) is 2.55. The number of para-hydroxylation sites is 1. The van der Waals surface area contributed by atoms with E-state index in [2.05, 4.69) is 42.5 Å². The molecule has 2 rings (SSSR count). The third-order valence-corrected chi connectivity index (χ3v) is 3.69. The average molecular weight is 311 g/mol. The first-order valence-corrected chi connectivity index (χ1v) is 8.19. The molecule has 4 heteroatoms. The zero-order chi connectivity index (χ0) is 16.7. The lowest BCUT2D eigenvalue weighted by molar-refractivity contribution is 0.0951. The summed E-state index contributed by atoms with van der Waals surface area (Å²) >= 11 is 0. The summed E-state index contributed by atoms with van der Waals surface area (Å²) in [4.78, 5) is 16.4. The van der Waals surface area contributed by atoms with Crippen molar-refractivity contribution in [2.45, 2.75) is 33.6 Å². The molecule has 0 saturated heterocycles. The van der Waals surface area contributed by atoms with Gasteiger partial charge in [-0.05, 0) is 42.5 Å². The molecule has 122 valence electrons. The first kappa shape index (κ1) is 17.0. The van der Waals surface area contributed by atoms with Crippen molar-refractivity contribution < 1.29 is 4.79 Å².